The highest BCUT2D eigenvalue weighted by molar-refractivity contribution is 7.99. The van der Waals surface area contributed by atoms with Gasteiger partial charge in [0.25, 0.3) is 0 Å². The van der Waals surface area contributed by atoms with Crippen LogP contribution in [-0.4, -0.2) is 36.2 Å². The lowest BCUT2D eigenvalue weighted by Crippen LogP contribution is -2.17. The van der Waals surface area contributed by atoms with Gasteiger partial charge in [-0.15, -0.1) is 10.2 Å². The zero-order valence-corrected chi connectivity index (χ0v) is 19.6. The SMILES string of the molecule is CCCn1c(SCC(=O)Nc2cc(C)nn2-c2ccc(F)cc2)nnc1-c1cccc(C)c1. The fourth-order valence-corrected chi connectivity index (χ4v) is 4.26. The standard InChI is InChI=1S/C24H25FN6OS/c1-4-12-30-23(18-7-5-6-16(2)13-18)27-28-24(30)33-15-22(32)26-21-14-17(3)29-31(21)20-10-8-19(25)9-11-20/h5-11,13-14H,4,12,15H2,1-3H3,(H,26,32). The van der Waals surface area contributed by atoms with Crippen LogP contribution in [0.5, 0.6) is 0 Å². The first-order chi connectivity index (χ1) is 15.9. The third kappa shape index (κ3) is 5.31. The molecule has 170 valence electrons. The molecule has 0 aliphatic carbocycles. The Hall–Kier alpha value is -3.46. The molecule has 2 aromatic heterocycles. The molecule has 1 amide bonds. The third-order valence-electron chi connectivity index (χ3n) is 4.94. The van der Waals surface area contributed by atoms with Crippen LogP contribution in [-0.2, 0) is 11.3 Å². The van der Waals surface area contributed by atoms with Gasteiger partial charge in [-0.1, -0.05) is 42.4 Å². The van der Waals surface area contributed by atoms with Crippen molar-refractivity contribution in [3.63, 3.8) is 0 Å². The normalized spacial score (nSPS) is 11.0. The minimum Gasteiger partial charge on any atom is -0.310 e. The quantitative estimate of drug-likeness (QED) is 0.370. The molecule has 0 spiro atoms. The molecule has 2 heterocycles. The second-order valence-electron chi connectivity index (χ2n) is 7.72. The molecule has 0 unspecified atom stereocenters. The van der Waals surface area contributed by atoms with Gasteiger partial charge in [-0.05, 0) is 50.6 Å². The minimum absolute atomic E-state index is 0.170. The molecular formula is C24H25FN6OS. The summed E-state index contributed by atoms with van der Waals surface area (Å²) in [4.78, 5) is 12.7. The Bertz CT molecular complexity index is 1260. The van der Waals surface area contributed by atoms with E-state index in [2.05, 4.69) is 38.2 Å². The lowest BCUT2D eigenvalue weighted by Gasteiger charge is -2.10. The van der Waals surface area contributed by atoms with E-state index in [9.17, 15) is 9.18 Å². The van der Waals surface area contributed by atoms with Crippen molar-refractivity contribution in [2.75, 3.05) is 11.1 Å². The first-order valence-electron chi connectivity index (χ1n) is 10.7. The monoisotopic (exact) mass is 464 g/mol. The number of hydrogen-bond donors (Lipinski definition) is 1. The Morgan fingerprint density at radius 2 is 1.88 bits per heavy atom. The molecule has 0 radical (unpaired) electrons. The lowest BCUT2D eigenvalue weighted by molar-refractivity contribution is -0.113. The molecule has 33 heavy (non-hydrogen) atoms. The molecule has 2 aromatic carbocycles. The molecule has 0 atom stereocenters. The van der Waals surface area contributed by atoms with Crippen LogP contribution in [0.25, 0.3) is 17.1 Å². The molecule has 0 bridgehead atoms. The Morgan fingerprint density at radius 3 is 2.61 bits per heavy atom. The van der Waals surface area contributed by atoms with Crippen molar-refractivity contribution in [3.05, 3.63) is 71.7 Å². The highest BCUT2D eigenvalue weighted by Crippen LogP contribution is 2.25. The summed E-state index contributed by atoms with van der Waals surface area (Å²) < 4.78 is 16.9. The van der Waals surface area contributed by atoms with E-state index in [4.69, 9.17) is 0 Å². The molecular weight excluding hydrogens is 439 g/mol. The molecule has 0 saturated heterocycles. The van der Waals surface area contributed by atoms with E-state index in [0.29, 0.717) is 16.7 Å². The van der Waals surface area contributed by atoms with Gasteiger partial charge in [-0.2, -0.15) is 5.10 Å². The van der Waals surface area contributed by atoms with Crippen LogP contribution >= 0.6 is 11.8 Å². The Balaban J connectivity index is 1.48. The van der Waals surface area contributed by atoms with E-state index in [0.717, 1.165) is 35.6 Å². The van der Waals surface area contributed by atoms with Crippen LogP contribution in [0.1, 0.15) is 24.6 Å². The number of hydrogen-bond acceptors (Lipinski definition) is 5. The van der Waals surface area contributed by atoms with E-state index in [1.807, 2.05) is 32.0 Å². The lowest BCUT2D eigenvalue weighted by atomic mass is 10.1. The maximum Gasteiger partial charge on any atom is 0.236 e. The smallest absolute Gasteiger partial charge is 0.236 e. The number of nitrogens with one attached hydrogen (secondary N) is 1. The maximum atomic E-state index is 13.3. The van der Waals surface area contributed by atoms with Crippen molar-refractivity contribution in [3.8, 4) is 17.1 Å². The number of carbonyl (C=O) groups is 1. The maximum absolute atomic E-state index is 13.3. The van der Waals surface area contributed by atoms with E-state index in [1.165, 1.54) is 23.9 Å². The molecule has 9 heteroatoms. The van der Waals surface area contributed by atoms with Crippen molar-refractivity contribution in [2.45, 2.75) is 38.9 Å². The minimum atomic E-state index is -0.328. The fourth-order valence-electron chi connectivity index (χ4n) is 3.50. The number of anilines is 1. The van der Waals surface area contributed by atoms with Gasteiger partial charge < -0.3 is 9.88 Å². The summed E-state index contributed by atoms with van der Waals surface area (Å²) in [7, 11) is 0. The van der Waals surface area contributed by atoms with E-state index in [-0.39, 0.29) is 17.5 Å². The number of thioether (sulfide) groups is 1. The molecule has 4 rings (SSSR count). The summed E-state index contributed by atoms with van der Waals surface area (Å²) in [6, 6.07) is 15.9. The molecule has 0 saturated carbocycles. The van der Waals surface area contributed by atoms with E-state index in [1.54, 1.807) is 22.9 Å². The second kappa shape index (κ2) is 9.99. The molecule has 0 fully saturated rings. The molecule has 7 nitrogen and oxygen atoms in total. The van der Waals surface area contributed by atoms with Gasteiger partial charge in [0.1, 0.15) is 11.6 Å². The summed E-state index contributed by atoms with van der Waals surface area (Å²) in [5.41, 5.74) is 3.57. The Morgan fingerprint density at radius 1 is 1.09 bits per heavy atom. The van der Waals surface area contributed by atoms with Gasteiger partial charge in [-0.25, -0.2) is 9.07 Å². The van der Waals surface area contributed by atoms with Crippen molar-refractivity contribution in [1.82, 2.24) is 24.5 Å². The molecule has 0 aliphatic rings. The van der Waals surface area contributed by atoms with Crippen molar-refractivity contribution >= 4 is 23.5 Å². The van der Waals surface area contributed by atoms with Crippen molar-refractivity contribution in [1.29, 1.82) is 0 Å². The Kier molecular flexibility index (Phi) is 6.88. The van der Waals surface area contributed by atoms with E-state index >= 15 is 0 Å². The number of benzene rings is 2. The van der Waals surface area contributed by atoms with Crippen molar-refractivity contribution in [2.24, 2.45) is 0 Å². The number of nitrogens with zero attached hydrogens (tertiary/aromatic N) is 5. The predicted molar refractivity (Wildman–Crippen MR) is 128 cm³/mol. The summed E-state index contributed by atoms with van der Waals surface area (Å²) >= 11 is 1.34. The van der Waals surface area contributed by atoms with Gasteiger partial charge in [0.05, 0.1) is 17.1 Å². The largest absolute Gasteiger partial charge is 0.310 e. The zero-order chi connectivity index (χ0) is 23.4. The predicted octanol–water partition coefficient (Wildman–Crippen LogP) is 5.03. The Labute approximate surface area is 196 Å². The van der Waals surface area contributed by atoms with Crippen LogP contribution in [0.3, 0.4) is 0 Å². The summed E-state index contributed by atoms with van der Waals surface area (Å²) in [6.45, 7) is 6.74. The number of aromatic nitrogens is 5. The van der Waals surface area contributed by atoms with Gasteiger partial charge in [0.15, 0.2) is 11.0 Å². The fraction of sp³-hybridized carbons (Fsp3) is 0.250. The molecule has 4 aromatic rings. The number of halogens is 1. The van der Waals surface area contributed by atoms with Crippen LogP contribution in [0.2, 0.25) is 0 Å². The topological polar surface area (TPSA) is 77.6 Å². The van der Waals surface area contributed by atoms with Crippen LogP contribution in [0, 0.1) is 19.7 Å². The number of amides is 1. The third-order valence-corrected chi connectivity index (χ3v) is 5.91. The van der Waals surface area contributed by atoms with Gasteiger partial charge in [0, 0.05) is 18.2 Å². The first-order valence-corrected chi connectivity index (χ1v) is 11.7. The van der Waals surface area contributed by atoms with Crippen LogP contribution in [0.15, 0.2) is 59.8 Å². The average molecular weight is 465 g/mol. The number of carbonyl (C=O) groups excluding carboxylic acids is 1. The van der Waals surface area contributed by atoms with Crippen molar-refractivity contribution < 1.29 is 9.18 Å². The summed E-state index contributed by atoms with van der Waals surface area (Å²) in [6.07, 6.45) is 0.923. The summed E-state index contributed by atoms with van der Waals surface area (Å²) in [5, 5.41) is 16.7. The highest BCUT2D eigenvalue weighted by Gasteiger charge is 2.17. The van der Waals surface area contributed by atoms with Gasteiger partial charge in [-0.3, -0.25) is 4.79 Å². The molecule has 1 N–H and O–H groups in total. The number of aryl methyl sites for hydroxylation is 2. The average Bonchev–Trinajstić information content (AvgIpc) is 3.36. The second-order valence-corrected chi connectivity index (χ2v) is 8.67. The van der Waals surface area contributed by atoms with Gasteiger partial charge in [0.2, 0.25) is 5.91 Å². The first kappa shape index (κ1) is 22.7. The van der Waals surface area contributed by atoms with Crippen LogP contribution < -0.4 is 5.32 Å². The summed E-state index contributed by atoms with van der Waals surface area (Å²) in [5.74, 6) is 0.981. The van der Waals surface area contributed by atoms with Crippen LogP contribution in [0.4, 0.5) is 10.2 Å². The molecule has 0 aliphatic heterocycles. The zero-order valence-electron chi connectivity index (χ0n) is 18.7. The van der Waals surface area contributed by atoms with E-state index < -0.39 is 0 Å². The highest BCUT2D eigenvalue weighted by atomic mass is 32.2. The van der Waals surface area contributed by atoms with Gasteiger partial charge >= 0.3 is 0 Å². The number of rotatable bonds is 8.